The predicted molar refractivity (Wildman–Crippen MR) is 92.8 cm³/mol. The summed E-state index contributed by atoms with van der Waals surface area (Å²) >= 11 is 12.3. The quantitative estimate of drug-likeness (QED) is 0.740. The van der Waals surface area contributed by atoms with Crippen molar-refractivity contribution in [3.8, 4) is 17.1 Å². The van der Waals surface area contributed by atoms with Crippen LogP contribution in [0, 0.1) is 0 Å². The molecule has 2 unspecified atom stereocenters. The normalized spacial score (nSPS) is 19.4. The Morgan fingerprint density at radius 3 is 2.75 bits per heavy atom. The van der Waals surface area contributed by atoms with E-state index in [4.69, 9.17) is 23.2 Å². The molecule has 0 saturated heterocycles. The van der Waals surface area contributed by atoms with E-state index in [1.807, 2.05) is 24.3 Å². The third-order valence-electron chi connectivity index (χ3n) is 4.32. The van der Waals surface area contributed by atoms with Crippen LogP contribution in [0.4, 0.5) is 0 Å². The Labute approximate surface area is 147 Å². The van der Waals surface area contributed by atoms with E-state index >= 15 is 0 Å². The van der Waals surface area contributed by atoms with Crippen LogP contribution in [0.5, 0.6) is 5.88 Å². The van der Waals surface area contributed by atoms with Gasteiger partial charge in [-0.2, -0.15) is 0 Å². The molecule has 2 heterocycles. The van der Waals surface area contributed by atoms with Crippen LogP contribution in [0.1, 0.15) is 23.9 Å². The van der Waals surface area contributed by atoms with Crippen molar-refractivity contribution in [1.29, 1.82) is 0 Å². The number of aromatic hydroxyl groups is 1. The number of nitrogens with zero attached hydrogens (tertiary/aromatic N) is 2. The van der Waals surface area contributed by atoms with Crippen molar-refractivity contribution >= 4 is 23.2 Å². The topological polar surface area (TPSA) is 70.9 Å². The van der Waals surface area contributed by atoms with Crippen LogP contribution in [0.2, 0.25) is 10.0 Å². The van der Waals surface area contributed by atoms with Crippen LogP contribution in [-0.4, -0.2) is 19.6 Å². The fourth-order valence-corrected chi connectivity index (χ4v) is 3.40. The summed E-state index contributed by atoms with van der Waals surface area (Å²) in [6.45, 7) is 0. The average Bonchev–Trinajstić information content (AvgIpc) is 3.29. The number of benzene rings is 1. The molecule has 2 atom stereocenters. The van der Waals surface area contributed by atoms with E-state index in [2.05, 4.69) is 9.97 Å². The molecule has 2 N–H and O–H groups in total. The zero-order valence-electron chi connectivity index (χ0n) is 12.4. The maximum Gasteiger partial charge on any atom is 0.328 e. The maximum absolute atomic E-state index is 11.7. The van der Waals surface area contributed by atoms with Crippen LogP contribution >= 0.6 is 23.2 Å². The first kappa shape index (κ1) is 15.3. The van der Waals surface area contributed by atoms with Crippen molar-refractivity contribution in [2.24, 2.45) is 0 Å². The summed E-state index contributed by atoms with van der Waals surface area (Å²) in [5.41, 5.74) is 2.25. The summed E-state index contributed by atoms with van der Waals surface area (Å²) in [6, 6.07) is 9.26. The molecule has 0 spiro atoms. The number of rotatable bonds is 3. The van der Waals surface area contributed by atoms with Crippen LogP contribution in [0.15, 0.2) is 47.5 Å². The molecule has 2 aromatic heterocycles. The second kappa shape index (κ2) is 5.69. The van der Waals surface area contributed by atoms with Gasteiger partial charge in [-0.3, -0.25) is 9.55 Å². The molecule has 1 aliphatic carbocycles. The van der Waals surface area contributed by atoms with Gasteiger partial charge in [-0.15, -0.1) is 0 Å². The van der Waals surface area contributed by atoms with Gasteiger partial charge in [-0.25, -0.2) is 4.79 Å². The SMILES string of the molecule is O=c1[nH]cc(O)n1C1CC1c1ccc(-c2cccc(Cl)c2Cl)nc1. The second-order valence-electron chi connectivity index (χ2n) is 5.81. The van der Waals surface area contributed by atoms with E-state index < -0.39 is 0 Å². The number of aromatic nitrogens is 3. The van der Waals surface area contributed by atoms with Gasteiger partial charge in [-0.1, -0.05) is 41.4 Å². The summed E-state index contributed by atoms with van der Waals surface area (Å²) in [7, 11) is 0. The first-order valence-electron chi connectivity index (χ1n) is 7.45. The van der Waals surface area contributed by atoms with Crippen molar-refractivity contribution in [3.63, 3.8) is 0 Å². The molecular formula is C17H13Cl2N3O2. The summed E-state index contributed by atoms with van der Waals surface area (Å²) in [5, 5.41) is 10.7. The lowest BCUT2D eigenvalue weighted by Gasteiger charge is -2.07. The number of nitrogens with one attached hydrogen (secondary N) is 1. The Bertz CT molecular complexity index is 963. The molecule has 24 heavy (non-hydrogen) atoms. The minimum Gasteiger partial charge on any atom is -0.493 e. The molecule has 0 aliphatic heterocycles. The van der Waals surface area contributed by atoms with Gasteiger partial charge < -0.3 is 10.1 Å². The summed E-state index contributed by atoms with van der Waals surface area (Å²) < 4.78 is 1.38. The van der Waals surface area contributed by atoms with Crippen molar-refractivity contribution in [2.75, 3.05) is 0 Å². The fraction of sp³-hybridized carbons (Fsp3) is 0.176. The zero-order valence-corrected chi connectivity index (χ0v) is 13.9. The number of hydrogen-bond acceptors (Lipinski definition) is 3. The molecule has 7 heteroatoms. The molecule has 3 aromatic rings. The van der Waals surface area contributed by atoms with Crippen LogP contribution in [0.3, 0.4) is 0 Å². The van der Waals surface area contributed by atoms with Crippen molar-refractivity contribution < 1.29 is 5.11 Å². The standard InChI is InChI=1S/C17H13Cl2N3O2/c18-12-3-1-2-10(16(12)19)13-5-4-9(7-20-13)11-6-14(11)22-15(23)8-21-17(22)24/h1-5,7-8,11,14,23H,6H2,(H,21,24). The van der Waals surface area contributed by atoms with Crippen LogP contribution in [-0.2, 0) is 0 Å². The van der Waals surface area contributed by atoms with Gasteiger partial charge in [0.1, 0.15) is 0 Å². The Balaban J connectivity index is 1.60. The number of halogens is 2. The average molecular weight is 362 g/mol. The lowest BCUT2D eigenvalue weighted by molar-refractivity contribution is 0.413. The van der Waals surface area contributed by atoms with Crippen molar-refractivity contribution in [2.45, 2.75) is 18.4 Å². The molecule has 0 bridgehead atoms. The Kier molecular flexibility index (Phi) is 3.62. The van der Waals surface area contributed by atoms with Gasteiger partial charge in [0.2, 0.25) is 5.88 Å². The van der Waals surface area contributed by atoms with Crippen molar-refractivity contribution in [3.05, 3.63) is 68.8 Å². The highest BCUT2D eigenvalue weighted by atomic mass is 35.5. The van der Waals surface area contributed by atoms with Gasteiger partial charge in [0.15, 0.2) is 0 Å². The molecule has 0 amide bonds. The third kappa shape index (κ3) is 2.50. The molecule has 1 aliphatic rings. The second-order valence-corrected chi connectivity index (χ2v) is 6.59. The summed E-state index contributed by atoms with van der Waals surface area (Å²) in [6.07, 6.45) is 3.89. The lowest BCUT2D eigenvalue weighted by atomic mass is 10.1. The molecule has 4 rings (SSSR count). The number of aromatic amines is 1. The van der Waals surface area contributed by atoms with Gasteiger partial charge in [0.05, 0.1) is 21.9 Å². The number of H-pyrrole nitrogens is 1. The first-order valence-corrected chi connectivity index (χ1v) is 8.21. The maximum atomic E-state index is 11.7. The molecule has 1 fully saturated rings. The fourth-order valence-electron chi connectivity index (χ4n) is 3.00. The Morgan fingerprint density at radius 2 is 2.08 bits per heavy atom. The Hall–Kier alpha value is -2.24. The minimum absolute atomic E-state index is 0.0360. The number of pyridine rings is 1. The lowest BCUT2D eigenvalue weighted by Crippen LogP contribution is -2.15. The molecule has 1 saturated carbocycles. The minimum atomic E-state index is -0.296. The number of hydrogen-bond donors (Lipinski definition) is 2. The first-order chi connectivity index (χ1) is 11.6. The van der Waals surface area contributed by atoms with Gasteiger partial charge in [0.25, 0.3) is 0 Å². The third-order valence-corrected chi connectivity index (χ3v) is 5.14. The smallest absolute Gasteiger partial charge is 0.328 e. The van der Waals surface area contributed by atoms with E-state index in [-0.39, 0.29) is 23.5 Å². The summed E-state index contributed by atoms with van der Waals surface area (Å²) in [5.74, 6) is 0.128. The highest BCUT2D eigenvalue weighted by molar-refractivity contribution is 6.43. The van der Waals surface area contributed by atoms with E-state index in [0.29, 0.717) is 10.0 Å². The van der Waals surface area contributed by atoms with Gasteiger partial charge in [0, 0.05) is 23.7 Å². The molecular weight excluding hydrogens is 349 g/mol. The van der Waals surface area contributed by atoms with Gasteiger partial charge in [-0.05, 0) is 24.1 Å². The van der Waals surface area contributed by atoms with Gasteiger partial charge >= 0.3 is 5.69 Å². The van der Waals surface area contributed by atoms with Crippen LogP contribution in [0.25, 0.3) is 11.3 Å². The van der Waals surface area contributed by atoms with Crippen LogP contribution < -0.4 is 5.69 Å². The van der Waals surface area contributed by atoms with E-state index in [1.54, 1.807) is 12.3 Å². The van der Waals surface area contributed by atoms with Crippen molar-refractivity contribution in [1.82, 2.24) is 14.5 Å². The molecule has 0 radical (unpaired) electrons. The Morgan fingerprint density at radius 1 is 1.25 bits per heavy atom. The molecule has 5 nitrogen and oxygen atoms in total. The largest absolute Gasteiger partial charge is 0.493 e. The highest BCUT2D eigenvalue weighted by Crippen LogP contribution is 2.51. The molecule has 122 valence electrons. The monoisotopic (exact) mass is 361 g/mol. The van der Waals surface area contributed by atoms with E-state index in [1.165, 1.54) is 10.8 Å². The summed E-state index contributed by atoms with van der Waals surface area (Å²) in [4.78, 5) is 18.7. The zero-order chi connectivity index (χ0) is 16.8. The predicted octanol–water partition coefficient (Wildman–Crippen LogP) is 3.98. The number of imidazole rings is 1. The van der Waals surface area contributed by atoms with E-state index in [9.17, 15) is 9.90 Å². The van der Waals surface area contributed by atoms with E-state index in [0.717, 1.165) is 23.2 Å². The molecule has 1 aromatic carbocycles. The highest BCUT2D eigenvalue weighted by Gasteiger charge is 2.42.